The lowest BCUT2D eigenvalue weighted by Crippen LogP contribution is -1.99. The van der Waals surface area contributed by atoms with Crippen molar-refractivity contribution in [1.29, 1.82) is 0 Å². The van der Waals surface area contributed by atoms with E-state index in [1.54, 1.807) is 11.3 Å². The first-order valence-corrected chi connectivity index (χ1v) is 6.29. The summed E-state index contributed by atoms with van der Waals surface area (Å²) in [5.41, 5.74) is 2.18. The van der Waals surface area contributed by atoms with Crippen molar-refractivity contribution >= 4 is 21.7 Å². The Morgan fingerprint density at radius 2 is 2.07 bits per heavy atom. The third-order valence-corrected chi connectivity index (χ3v) is 3.72. The number of hydrogen-bond donors (Lipinski definition) is 0. The Hall–Kier alpha value is -0.960. The van der Waals surface area contributed by atoms with E-state index in [0.717, 1.165) is 28.9 Å². The highest BCUT2D eigenvalue weighted by molar-refractivity contribution is 7.18. The van der Waals surface area contributed by atoms with E-state index in [1.807, 2.05) is 6.20 Å². The van der Waals surface area contributed by atoms with Crippen LogP contribution < -0.4 is 0 Å². The lowest BCUT2D eigenvalue weighted by Gasteiger charge is -2.10. The first-order chi connectivity index (χ1) is 7.24. The zero-order valence-electron chi connectivity index (χ0n) is 9.45. The number of fused-ring (bicyclic) bond motifs is 1. The molecule has 2 heterocycles. The maximum atomic E-state index is 4.69. The molecule has 0 aliphatic heterocycles. The number of aryl methyl sites for hydroxylation is 1. The summed E-state index contributed by atoms with van der Waals surface area (Å²) in [4.78, 5) is 11.5. The van der Waals surface area contributed by atoms with Gasteiger partial charge in [0.05, 0.1) is 11.2 Å². The average Bonchev–Trinajstić information content (AvgIpc) is 2.59. The topological polar surface area (TPSA) is 25.8 Å². The van der Waals surface area contributed by atoms with Gasteiger partial charge >= 0.3 is 0 Å². The highest BCUT2D eigenvalue weighted by Gasteiger charge is 2.10. The average molecular weight is 220 g/mol. The molecule has 0 radical (unpaired) electrons. The van der Waals surface area contributed by atoms with Crippen molar-refractivity contribution in [3.05, 3.63) is 22.8 Å². The minimum atomic E-state index is 0.560. The molecule has 0 unspecified atom stereocenters. The van der Waals surface area contributed by atoms with Gasteiger partial charge in [0.25, 0.3) is 0 Å². The van der Waals surface area contributed by atoms with E-state index >= 15 is 0 Å². The van der Waals surface area contributed by atoms with Crippen LogP contribution in [0.2, 0.25) is 0 Å². The van der Waals surface area contributed by atoms with Gasteiger partial charge in [0, 0.05) is 17.0 Å². The van der Waals surface area contributed by atoms with E-state index in [-0.39, 0.29) is 0 Å². The predicted molar refractivity (Wildman–Crippen MR) is 65.5 cm³/mol. The van der Waals surface area contributed by atoms with Crippen LogP contribution in [0.1, 0.15) is 43.2 Å². The van der Waals surface area contributed by atoms with Gasteiger partial charge in [-0.1, -0.05) is 13.8 Å². The molecule has 0 saturated carbocycles. The molecule has 2 rings (SSSR count). The van der Waals surface area contributed by atoms with Gasteiger partial charge in [0.1, 0.15) is 4.83 Å². The third kappa shape index (κ3) is 2.02. The van der Waals surface area contributed by atoms with Gasteiger partial charge in [-0.05, 0) is 25.8 Å². The lowest BCUT2D eigenvalue weighted by atomic mass is 10.0. The van der Waals surface area contributed by atoms with E-state index in [0.29, 0.717) is 5.92 Å². The molecule has 0 N–H and O–H groups in total. The van der Waals surface area contributed by atoms with E-state index in [9.17, 15) is 0 Å². The maximum Gasteiger partial charge on any atom is 0.142 e. The molecule has 0 atom stereocenters. The summed E-state index contributed by atoms with van der Waals surface area (Å²) < 4.78 is 0. The summed E-state index contributed by atoms with van der Waals surface area (Å²) in [6, 6.07) is 2.10. The molecular formula is C12H16N2S. The Bertz CT molecular complexity index is 458. The minimum Gasteiger partial charge on any atom is -0.252 e. The van der Waals surface area contributed by atoms with E-state index in [4.69, 9.17) is 4.98 Å². The van der Waals surface area contributed by atoms with Crippen molar-refractivity contribution in [2.75, 3.05) is 0 Å². The van der Waals surface area contributed by atoms with Crippen LogP contribution >= 0.6 is 11.3 Å². The molecule has 15 heavy (non-hydrogen) atoms. The van der Waals surface area contributed by atoms with E-state index in [2.05, 4.69) is 31.8 Å². The third-order valence-electron chi connectivity index (χ3n) is 2.79. The summed E-state index contributed by atoms with van der Waals surface area (Å²) in [7, 11) is 0. The highest BCUT2D eigenvalue weighted by Crippen LogP contribution is 2.26. The van der Waals surface area contributed by atoms with Gasteiger partial charge < -0.3 is 0 Å². The summed E-state index contributed by atoms with van der Waals surface area (Å²) in [5.74, 6) is 0.560. The highest BCUT2D eigenvalue weighted by atomic mass is 32.1. The zero-order valence-corrected chi connectivity index (χ0v) is 10.3. The van der Waals surface area contributed by atoms with Crippen molar-refractivity contribution in [3.63, 3.8) is 0 Å². The van der Waals surface area contributed by atoms with Crippen LogP contribution in [0.3, 0.4) is 0 Å². The SMILES string of the molecule is CCC(CC)c1cnc2cc(C)sc2n1. The molecule has 0 bridgehead atoms. The Kier molecular flexibility index (Phi) is 3.00. The van der Waals surface area contributed by atoms with E-state index < -0.39 is 0 Å². The van der Waals surface area contributed by atoms with Crippen molar-refractivity contribution in [2.24, 2.45) is 0 Å². The van der Waals surface area contributed by atoms with E-state index in [1.165, 1.54) is 4.88 Å². The summed E-state index contributed by atoms with van der Waals surface area (Å²) in [5, 5.41) is 0. The Morgan fingerprint density at radius 3 is 2.73 bits per heavy atom. The number of rotatable bonds is 3. The van der Waals surface area contributed by atoms with Crippen LogP contribution in [-0.2, 0) is 0 Å². The second-order valence-electron chi connectivity index (χ2n) is 3.86. The molecule has 3 heteroatoms. The smallest absolute Gasteiger partial charge is 0.142 e. The fourth-order valence-electron chi connectivity index (χ4n) is 1.85. The van der Waals surface area contributed by atoms with Gasteiger partial charge in [0.15, 0.2) is 0 Å². The molecule has 0 aliphatic carbocycles. The van der Waals surface area contributed by atoms with Crippen molar-refractivity contribution in [2.45, 2.75) is 39.5 Å². The normalized spacial score (nSPS) is 11.5. The van der Waals surface area contributed by atoms with Gasteiger partial charge in [-0.3, -0.25) is 4.98 Å². The molecule has 2 aromatic heterocycles. The van der Waals surface area contributed by atoms with Gasteiger partial charge in [-0.25, -0.2) is 4.98 Å². The summed E-state index contributed by atoms with van der Waals surface area (Å²) in [6.07, 6.45) is 4.22. The molecule has 0 aliphatic rings. The quantitative estimate of drug-likeness (QED) is 0.784. The first-order valence-electron chi connectivity index (χ1n) is 5.47. The van der Waals surface area contributed by atoms with Crippen molar-refractivity contribution < 1.29 is 0 Å². The summed E-state index contributed by atoms with van der Waals surface area (Å²) in [6.45, 7) is 6.52. The summed E-state index contributed by atoms with van der Waals surface area (Å²) >= 11 is 1.73. The lowest BCUT2D eigenvalue weighted by molar-refractivity contribution is 0.623. The molecule has 0 aromatic carbocycles. The van der Waals surface area contributed by atoms with Gasteiger partial charge in [-0.15, -0.1) is 11.3 Å². The second-order valence-corrected chi connectivity index (χ2v) is 5.09. The Labute approximate surface area is 94.4 Å². The van der Waals surface area contributed by atoms with Gasteiger partial charge in [0.2, 0.25) is 0 Å². The molecule has 0 amide bonds. The van der Waals surface area contributed by atoms with Crippen LogP contribution in [0.4, 0.5) is 0 Å². The van der Waals surface area contributed by atoms with Crippen LogP contribution in [0.5, 0.6) is 0 Å². The zero-order chi connectivity index (χ0) is 10.8. The molecule has 2 nitrogen and oxygen atoms in total. The van der Waals surface area contributed by atoms with Crippen LogP contribution in [0, 0.1) is 6.92 Å². The number of nitrogens with zero attached hydrogens (tertiary/aromatic N) is 2. The van der Waals surface area contributed by atoms with Crippen LogP contribution in [-0.4, -0.2) is 9.97 Å². The Balaban J connectivity index is 2.45. The minimum absolute atomic E-state index is 0.560. The fraction of sp³-hybridized carbons (Fsp3) is 0.500. The molecule has 2 aromatic rings. The fourth-order valence-corrected chi connectivity index (χ4v) is 2.69. The predicted octanol–water partition coefficient (Wildman–Crippen LogP) is 3.90. The van der Waals surface area contributed by atoms with Crippen LogP contribution in [0.15, 0.2) is 12.3 Å². The van der Waals surface area contributed by atoms with Gasteiger partial charge in [-0.2, -0.15) is 0 Å². The molecule has 0 fully saturated rings. The number of thiophene rings is 1. The number of hydrogen-bond acceptors (Lipinski definition) is 3. The maximum absolute atomic E-state index is 4.69. The van der Waals surface area contributed by atoms with Crippen LogP contribution in [0.25, 0.3) is 10.3 Å². The number of aromatic nitrogens is 2. The van der Waals surface area contributed by atoms with Crippen molar-refractivity contribution in [1.82, 2.24) is 9.97 Å². The largest absolute Gasteiger partial charge is 0.252 e. The Morgan fingerprint density at radius 1 is 1.33 bits per heavy atom. The monoisotopic (exact) mass is 220 g/mol. The molecule has 0 spiro atoms. The first kappa shape index (κ1) is 10.6. The molecular weight excluding hydrogens is 204 g/mol. The molecule has 80 valence electrons. The second kappa shape index (κ2) is 4.27. The molecule has 0 saturated heterocycles. The standard InChI is InChI=1S/C12H16N2S/c1-4-9(5-2)11-7-13-10-6-8(3)15-12(10)14-11/h6-7,9H,4-5H2,1-3H3. The van der Waals surface area contributed by atoms with Crippen molar-refractivity contribution in [3.8, 4) is 0 Å².